The number of H-pyrrole nitrogens is 1. The maximum atomic E-state index is 15.5. The van der Waals surface area contributed by atoms with E-state index in [-0.39, 0.29) is 17.5 Å². The first kappa shape index (κ1) is 30.5. The molecule has 232 valence electrons. The predicted octanol–water partition coefficient (Wildman–Crippen LogP) is 5.66. The van der Waals surface area contributed by atoms with Crippen LogP contribution < -0.4 is 9.62 Å². The van der Waals surface area contributed by atoms with E-state index in [0.717, 1.165) is 67.7 Å². The molecule has 0 bridgehead atoms. The average molecular weight is 624 g/mol. The van der Waals surface area contributed by atoms with E-state index in [1.807, 2.05) is 12.1 Å². The standard InChI is InChI=1S/C32H35F2N5O4S/c1-42-32(43-2)21-11-15-38(16-12-21)23-7-5-20(6-8-23)22-17-24-25(19-36-31(24)35-18-22)30(40)28-26(33)9-10-27(29(28)34)37-44(41)39-13-3-4-14-39/h5-10,17-19,21,32,37H,3-4,11-16H2,1-2H3,(H,35,36). The summed E-state index contributed by atoms with van der Waals surface area (Å²) in [6.45, 7) is 3.02. The summed E-state index contributed by atoms with van der Waals surface area (Å²) < 4.78 is 58.3. The van der Waals surface area contributed by atoms with Crippen LogP contribution in [0.4, 0.5) is 20.2 Å². The number of rotatable bonds is 10. The Bertz CT molecular complexity index is 1620. The van der Waals surface area contributed by atoms with Gasteiger partial charge in [-0.3, -0.25) is 4.79 Å². The number of benzene rings is 2. The highest BCUT2D eigenvalue weighted by Crippen LogP contribution is 2.32. The van der Waals surface area contributed by atoms with Gasteiger partial charge in [-0.1, -0.05) is 12.1 Å². The third-order valence-corrected chi connectivity index (χ3v) is 9.77. The predicted molar refractivity (Wildman–Crippen MR) is 167 cm³/mol. The largest absolute Gasteiger partial charge is 0.573 e. The number of anilines is 2. The van der Waals surface area contributed by atoms with Crippen LogP contribution in [0.3, 0.4) is 0 Å². The van der Waals surface area contributed by atoms with Gasteiger partial charge in [0.25, 0.3) is 0 Å². The molecule has 2 aromatic carbocycles. The number of aromatic amines is 1. The maximum Gasteiger partial charge on any atom is 0.201 e. The number of hydrogen-bond acceptors (Lipinski definition) is 8. The first-order valence-electron chi connectivity index (χ1n) is 14.7. The van der Waals surface area contributed by atoms with Gasteiger partial charge >= 0.3 is 0 Å². The second-order valence-corrected chi connectivity index (χ2v) is 12.4. The fraction of sp³-hybridized carbons (Fsp3) is 0.375. The number of fused-ring (bicyclic) bond motifs is 1. The summed E-state index contributed by atoms with van der Waals surface area (Å²) in [5, 5.41) is 0.447. The van der Waals surface area contributed by atoms with Gasteiger partial charge in [0.05, 0.1) is 5.56 Å². The lowest BCUT2D eigenvalue weighted by atomic mass is 9.95. The Balaban J connectivity index is 1.21. The van der Waals surface area contributed by atoms with Gasteiger partial charge in [0.15, 0.2) is 23.7 Å². The van der Waals surface area contributed by atoms with E-state index in [4.69, 9.17) is 9.47 Å². The summed E-state index contributed by atoms with van der Waals surface area (Å²) in [7, 11) is 3.34. The molecular weight excluding hydrogens is 588 g/mol. The third kappa shape index (κ3) is 6.04. The quantitative estimate of drug-likeness (QED) is 0.133. The zero-order valence-electron chi connectivity index (χ0n) is 24.6. The molecule has 0 spiro atoms. The van der Waals surface area contributed by atoms with Crippen molar-refractivity contribution in [2.75, 3.05) is 50.0 Å². The second kappa shape index (κ2) is 13.2. The molecule has 2 aliphatic rings. The molecule has 2 aliphatic heterocycles. The van der Waals surface area contributed by atoms with E-state index in [9.17, 15) is 13.7 Å². The molecule has 0 amide bonds. The molecule has 0 saturated carbocycles. The van der Waals surface area contributed by atoms with Crippen molar-refractivity contribution in [3.8, 4) is 11.1 Å². The molecule has 4 heterocycles. The van der Waals surface area contributed by atoms with Gasteiger partial charge in [-0.05, 0) is 61.6 Å². The van der Waals surface area contributed by atoms with Gasteiger partial charge in [0, 0.05) is 80.9 Å². The Hall–Kier alpha value is -3.55. The number of carbonyl (C=O) groups excluding carboxylic acids is 1. The first-order chi connectivity index (χ1) is 21.4. The zero-order chi connectivity index (χ0) is 30.8. The normalized spacial score (nSPS) is 17.1. The number of hydrogen-bond donors (Lipinski definition) is 2. The first-order valence-corrected chi connectivity index (χ1v) is 15.8. The number of piperidine rings is 1. The van der Waals surface area contributed by atoms with Gasteiger partial charge < -0.3 is 23.9 Å². The van der Waals surface area contributed by atoms with Crippen LogP contribution in [0.15, 0.2) is 54.9 Å². The Labute approximate surface area is 258 Å². The van der Waals surface area contributed by atoms with Gasteiger partial charge in [0.2, 0.25) is 5.78 Å². The minimum absolute atomic E-state index is 0.0925. The molecule has 2 N–H and O–H groups in total. The van der Waals surface area contributed by atoms with Crippen LogP contribution in [0.1, 0.15) is 41.6 Å². The molecule has 9 nitrogen and oxygen atoms in total. The van der Waals surface area contributed by atoms with E-state index in [2.05, 4.69) is 31.7 Å². The van der Waals surface area contributed by atoms with Crippen LogP contribution in [0.25, 0.3) is 22.2 Å². The number of pyridine rings is 1. The van der Waals surface area contributed by atoms with Crippen molar-refractivity contribution in [1.29, 1.82) is 0 Å². The molecule has 44 heavy (non-hydrogen) atoms. The van der Waals surface area contributed by atoms with Crippen molar-refractivity contribution in [1.82, 2.24) is 14.3 Å². The second-order valence-electron chi connectivity index (χ2n) is 11.1. The smallest absolute Gasteiger partial charge is 0.201 e. The van der Waals surface area contributed by atoms with E-state index >= 15 is 4.39 Å². The number of nitrogens with zero attached hydrogens (tertiary/aromatic N) is 3. The van der Waals surface area contributed by atoms with Crippen LogP contribution >= 0.6 is 0 Å². The molecule has 2 aromatic heterocycles. The number of aromatic nitrogens is 2. The number of methoxy groups -OCH3 is 2. The number of ketones is 1. The van der Waals surface area contributed by atoms with Crippen molar-refractivity contribution >= 4 is 39.7 Å². The van der Waals surface area contributed by atoms with Gasteiger partial charge in [-0.25, -0.2) is 13.8 Å². The number of ether oxygens (including phenoxy) is 2. The fourth-order valence-corrected chi connectivity index (χ4v) is 7.18. The van der Waals surface area contributed by atoms with Crippen LogP contribution in [-0.4, -0.2) is 71.3 Å². The Morgan fingerprint density at radius 2 is 1.75 bits per heavy atom. The Kier molecular flexibility index (Phi) is 9.15. The molecule has 12 heteroatoms. The Morgan fingerprint density at radius 3 is 2.43 bits per heavy atom. The molecular formula is C32H35F2N5O4S. The fourth-order valence-electron chi connectivity index (χ4n) is 6.11. The third-order valence-electron chi connectivity index (χ3n) is 8.55. The van der Waals surface area contributed by atoms with Crippen LogP contribution in [0.2, 0.25) is 0 Å². The van der Waals surface area contributed by atoms with Gasteiger partial charge in [0.1, 0.15) is 17.2 Å². The molecule has 0 aliphatic carbocycles. The van der Waals surface area contributed by atoms with Gasteiger partial charge in [-0.15, -0.1) is 4.31 Å². The van der Waals surface area contributed by atoms with E-state index in [1.54, 1.807) is 30.8 Å². The number of halogens is 2. The summed E-state index contributed by atoms with van der Waals surface area (Å²) in [5.74, 6) is -2.55. The van der Waals surface area contributed by atoms with Crippen molar-refractivity contribution in [3.63, 3.8) is 0 Å². The minimum Gasteiger partial charge on any atom is -0.573 e. The summed E-state index contributed by atoms with van der Waals surface area (Å²) in [6.07, 6.45) is 6.65. The van der Waals surface area contributed by atoms with E-state index in [1.165, 1.54) is 6.20 Å². The van der Waals surface area contributed by atoms with Crippen molar-refractivity contribution < 1.29 is 27.6 Å². The van der Waals surface area contributed by atoms with Crippen LogP contribution in [-0.2, 0) is 21.0 Å². The molecule has 1 atom stereocenters. The summed E-state index contributed by atoms with van der Waals surface area (Å²) in [5.41, 5.74) is 2.37. The Morgan fingerprint density at radius 1 is 1.05 bits per heavy atom. The summed E-state index contributed by atoms with van der Waals surface area (Å²) in [6, 6.07) is 12.1. The lowest BCUT2D eigenvalue weighted by Crippen LogP contribution is -2.39. The highest BCUT2D eigenvalue weighted by molar-refractivity contribution is 7.90. The molecule has 2 saturated heterocycles. The molecule has 1 unspecified atom stereocenters. The van der Waals surface area contributed by atoms with Crippen LogP contribution in [0, 0.1) is 17.6 Å². The lowest BCUT2D eigenvalue weighted by molar-refractivity contribution is -0.141. The van der Waals surface area contributed by atoms with Crippen LogP contribution in [0.5, 0.6) is 0 Å². The minimum atomic E-state index is -1.70. The summed E-state index contributed by atoms with van der Waals surface area (Å²) in [4.78, 5) is 23.3. The molecule has 6 rings (SSSR count). The van der Waals surface area contributed by atoms with Crippen molar-refractivity contribution in [2.24, 2.45) is 5.92 Å². The van der Waals surface area contributed by atoms with Gasteiger partial charge in [-0.2, -0.15) is 4.72 Å². The van der Waals surface area contributed by atoms with Crippen molar-refractivity contribution in [3.05, 3.63) is 77.6 Å². The van der Waals surface area contributed by atoms with E-state index < -0.39 is 34.5 Å². The SMILES string of the molecule is COC(OC)C1CCN(c2ccc(-c3cnc4[nH]cc(C(=O)c5c(F)ccc(N[S+]([O-])N6CCCC6)c5F)c4c3)cc2)CC1. The van der Waals surface area contributed by atoms with E-state index in [0.29, 0.717) is 30.0 Å². The molecule has 0 radical (unpaired) electrons. The zero-order valence-corrected chi connectivity index (χ0v) is 25.5. The summed E-state index contributed by atoms with van der Waals surface area (Å²) >= 11 is -1.70. The average Bonchev–Trinajstić information content (AvgIpc) is 3.74. The molecule has 4 aromatic rings. The lowest BCUT2D eigenvalue weighted by Gasteiger charge is -2.36. The topological polar surface area (TPSA) is 106 Å². The molecule has 2 fully saturated rings. The van der Waals surface area contributed by atoms with Crippen molar-refractivity contribution in [2.45, 2.75) is 32.0 Å². The highest BCUT2D eigenvalue weighted by atomic mass is 32.2. The highest BCUT2D eigenvalue weighted by Gasteiger charge is 2.30. The maximum absolute atomic E-state index is 15.5. The number of carbonyl (C=O) groups is 1. The number of nitrogens with one attached hydrogen (secondary N) is 2. The monoisotopic (exact) mass is 623 g/mol.